The summed E-state index contributed by atoms with van der Waals surface area (Å²) in [5.41, 5.74) is 2.30. The summed E-state index contributed by atoms with van der Waals surface area (Å²) in [6.45, 7) is 3.20. The van der Waals surface area contributed by atoms with Gasteiger partial charge in [0, 0.05) is 19.3 Å². The van der Waals surface area contributed by atoms with E-state index in [9.17, 15) is 4.79 Å². The molecule has 1 atom stereocenters. The Hall–Kier alpha value is -2.25. The van der Waals surface area contributed by atoms with Gasteiger partial charge in [-0.3, -0.25) is 14.4 Å². The molecule has 1 amide bonds. The number of hydrogen-bond donors (Lipinski definition) is 0. The molecule has 0 saturated carbocycles. The zero-order valence-electron chi connectivity index (χ0n) is 14.3. The lowest BCUT2D eigenvalue weighted by molar-refractivity contribution is 0.0913. The van der Waals surface area contributed by atoms with E-state index in [1.807, 2.05) is 44.3 Å². The first-order chi connectivity index (χ1) is 12.1. The lowest BCUT2D eigenvalue weighted by Crippen LogP contribution is -2.37. The van der Waals surface area contributed by atoms with E-state index in [1.54, 1.807) is 9.58 Å². The smallest absolute Gasteiger partial charge is 0.280 e. The van der Waals surface area contributed by atoms with Crippen molar-refractivity contribution in [1.29, 1.82) is 0 Å². The fourth-order valence-corrected chi connectivity index (χ4v) is 3.99. The van der Waals surface area contributed by atoms with Gasteiger partial charge in [-0.05, 0) is 38.0 Å². The molecule has 1 saturated heterocycles. The van der Waals surface area contributed by atoms with Crippen molar-refractivity contribution in [2.45, 2.75) is 25.9 Å². The number of rotatable bonds is 4. The van der Waals surface area contributed by atoms with Gasteiger partial charge in [0.25, 0.3) is 5.91 Å². The molecule has 0 N–H and O–H groups in total. The molecule has 1 aliphatic heterocycles. The van der Waals surface area contributed by atoms with Gasteiger partial charge >= 0.3 is 0 Å². The Morgan fingerprint density at radius 3 is 2.96 bits per heavy atom. The second-order valence-corrected chi connectivity index (χ2v) is 7.32. The molecule has 4 rings (SSSR count). The molecule has 0 radical (unpaired) electrons. The Bertz CT molecular complexity index is 858. The van der Waals surface area contributed by atoms with Crippen LogP contribution in [0.3, 0.4) is 0 Å². The van der Waals surface area contributed by atoms with Gasteiger partial charge in [0.1, 0.15) is 0 Å². The average Bonchev–Trinajstić information content (AvgIpc) is 3.32. The van der Waals surface area contributed by atoms with Crippen molar-refractivity contribution in [3.8, 4) is 0 Å². The molecular weight excluding hydrogens is 336 g/mol. The van der Waals surface area contributed by atoms with Crippen LogP contribution >= 0.6 is 11.3 Å². The van der Waals surface area contributed by atoms with Gasteiger partial charge < -0.3 is 4.74 Å². The number of carbonyl (C=O) groups is 1. The van der Waals surface area contributed by atoms with Gasteiger partial charge in [0.05, 0.1) is 22.9 Å². The Morgan fingerprint density at radius 1 is 1.44 bits per heavy atom. The van der Waals surface area contributed by atoms with E-state index in [2.05, 4.69) is 10.1 Å². The molecule has 2 aromatic heterocycles. The highest BCUT2D eigenvalue weighted by atomic mass is 32.1. The average molecular weight is 356 g/mol. The highest BCUT2D eigenvalue weighted by Gasteiger charge is 2.28. The molecule has 6 nitrogen and oxygen atoms in total. The summed E-state index contributed by atoms with van der Waals surface area (Å²) in [6.07, 6.45) is 2.06. The second-order valence-electron chi connectivity index (χ2n) is 6.31. The van der Waals surface area contributed by atoms with Crippen LogP contribution in [0.25, 0.3) is 10.2 Å². The van der Waals surface area contributed by atoms with Crippen LogP contribution in [0.2, 0.25) is 0 Å². The molecule has 3 aromatic rings. The number of nitrogens with zero attached hydrogens (tertiary/aromatic N) is 4. The standard InChI is InChI=1S/C18H20N4O2S/c1-12-10-15(20-21(12)2)17(23)22(11-13-6-5-9-24-13)18-19-14-7-3-4-8-16(14)25-18/h3-4,7-8,10,13H,5-6,9,11H2,1-2H3. The Morgan fingerprint density at radius 2 is 2.28 bits per heavy atom. The summed E-state index contributed by atoms with van der Waals surface area (Å²) >= 11 is 1.53. The van der Waals surface area contributed by atoms with E-state index in [1.165, 1.54) is 11.3 Å². The van der Waals surface area contributed by atoms with Crippen molar-refractivity contribution in [1.82, 2.24) is 14.8 Å². The van der Waals surface area contributed by atoms with E-state index < -0.39 is 0 Å². The van der Waals surface area contributed by atoms with Gasteiger partial charge in [0.15, 0.2) is 10.8 Å². The number of benzene rings is 1. The first-order valence-corrected chi connectivity index (χ1v) is 9.23. The number of aryl methyl sites for hydroxylation is 2. The predicted octanol–water partition coefficient (Wildman–Crippen LogP) is 3.16. The fourth-order valence-electron chi connectivity index (χ4n) is 3.02. The van der Waals surface area contributed by atoms with Gasteiger partial charge in [-0.25, -0.2) is 4.98 Å². The third-order valence-corrected chi connectivity index (χ3v) is 5.56. The number of amides is 1. The Kier molecular flexibility index (Phi) is 4.27. The monoisotopic (exact) mass is 356 g/mol. The van der Waals surface area contributed by atoms with Crippen LogP contribution in [0.1, 0.15) is 29.0 Å². The number of carbonyl (C=O) groups excluding carboxylic acids is 1. The van der Waals surface area contributed by atoms with Crippen LogP contribution in [0.15, 0.2) is 30.3 Å². The normalized spacial score (nSPS) is 17.3. The lowest BCUT2D eigenvalue weighted by Gasteiger charge is -2.22. The van der Waals surface area contributed by atoms with Crippen LogP contribution in [-0.4, -0.2) is 39.9 Å². The van der Waals surface area contributed by atoms with Gasteiger partial charge in [0.2, 0.25) is 0 Å². The maximum Gasteiger partial charge on any atom is 0.280 e. The highest BCUT2D eigenvalue weighted by Crippen LogP contribution is 2.30. The molecule has 0 aliphatic carbocycles. The van der Waals surface area contributed by atoms with E-state index in [0.717, 1.165) is 35.4 Å². The summed E-state index contributed by atoms with van der Waals surface area (Å²) in [7, 11) is 1.84. The maximum atomic E-state index is 13.1. The Labute approximate surface area is 150 Å². The van der Waals surface area contributed by atoms with Crippen LogP contribution in [0.5, 0.6) is 0 Å². The van der Waals surface area contributed by atoms with E-state index in [4.69, 9.17) is 4.74 Å². The lowest BCUT2D eigenvalue weighted by atomic mass is 10.2. The highest BCUT2D eigenvalue weighted by molar-refractivity contribution is 7.22. The number of anilines is 1. The molecule has 0 bridgehead atoms. The summed E-state index contributed by atoms with van der Waals surface area (Å²) in [4.78, 5) is 19.5. The zero-order valence-corrected chi connectivity index (χ0v) is 15.1. The van der Waals surface area contributed by atoms with Crippen molar-refractivity contribution in [3.63, 3.8) is 0 Å². The van der Waals surface area contributed by atoms with Gasteiger partial charge in [-0.2, -0.15) is 5.10 Å². The molecule has 1 aromatic carbocycles. The Balaban J connectivity index is 1.70. The van der Waals surface area contributed by atoms with E-state index >= 15 is 0 Å². The summed E-state index contributed by atoms with van der Waals surface area (Å²) in [6, 6.07) is 9.75. The molecule has 130 valence electrons. The van der Waals surface area contributed by atoms with Crippen molar-refractivity contribution in [2.75, 3.05) is 18.1 Å². The predicted molar refractivity (Wildman–Crippen MR) is 98.2 cm³/mol. The molecular formula is C18H20N4O2S. The van der Waals surface area contributed by atoms with Gasteiger partial charge in [-0.1, -0.05) is 23.5 Å². The second kappa shape index (κ2) is 6.57. The largest absolute Gasteiger partial charge is 0.376 e. The molecule has 25 heavy (non-hydrogen) atoms. The number of para-hydroxylation sites is 1. The zero-order chi connectivity index (χ0) is 17.4. The molecule has 3 heterocycles. The topological polar surface area (TPSA) is 60.3 Å². The van der Waals surface area contributed by atoms with Crippen LogP contribution in [0.4, 0.5) is 5.13 Å². The minimum Gasteiger partial charge on any atom is -0.376 e. The number of fused-ring (bicyclic) bond motifs is 1. The molecule has 1 fully saturated rings. The summed E-state index contributed by atoms with van der Waals surface area (Å²) in [5.74, 6) is -0.127. The van der Waals surface area contributed by atoms with Crippen molar-refractivity contribution < 1.29 is 9.53 Å². The van der Waals surface area contributed by atoms with Crippen LogP contribution < -0.4 is 4.90 Å². The molecule has 0 spiro atoms. The van der Waals surface area contributed by atoms with Crippen LogP contribution in [0, 0.1) is 6.92 Å². The molecule has 1 aliphatic rings. The van der Waals surface area contributed by atoms with Gasteiger partial charge in [-0.15, -0.1) is 0 Å². The quantitative estimate of drug-likeness (QED) is 0.720. The number of hydrogen-bond acceptors (Lipinski definition) is 5. The van der Waals surface area contributed by atoms with Crippen molar-refractivity contribution in [3.05, 3.63) is 41.7 Å². The van der Waals surface area contributed by atoms with Crippen molar-refractivity contribution in [2.24, 2.45) is 7.05 Å². The summed E-state index contributed by atoms with van der Waals surface area (Å²) < 4.78 is 8.54. The third kappa shape index (κ3) is 3.17. The SMILES string of the molecule is Cc1cc(C(=O)N(CC2CCCO2)c2nc3ccccc3s2)nn1C. The first-order valence-electron chi connectivity index (χ1n) is 8.41. The maximum absolute atomic E-state index is 13.1. The molecule has 1 unspecified atom stereocenters. The van der Waals surface area contributed by atoms with E-state index in [0.29, 0.717) is 17.4 Å². The summed E-state index contributed by atoms with van der Waals surface area (Å²) in [5, 5.41) is 5.05. The minimum absolute atomic E-state index is 0.0563. The number of aromatic nitrogens is 3. The van der Waals surface area contributed by atoms with Crippen molar-refractivity contribution >= 4 is 32.6 Å². The van der Waals surface area contributed by atoms with Crippen LogP contribution in [-0.2, 0) is 11.8 Å². The third-order valence-electron chi connectivity index (χ3n) is 4.50. The fraction of sp³-hybridized carbons (Fsp3) is 0.389. The van der Waals surface area contributed by atoms with E-state index in [-0.39, 0.29) is 12.0 Å². The number of thiazole rings is 1. The first kappa shape index (κ1) is 16.2. The number of ether oxygens (including phenoxy) is 1. The minimum atomic E-state index is -0.127. The molecule has 7 heteroatoms.